The molecule has 0 spiro atoms. The minimum Gasteiger partial charge on any atom is -0.395 e. The molecule has 1 aliphatic rings. The average Bonchev–Trinajstić information content (AvgIpc) is 2.89. The summed E-state index contributed by atoms with van der Waals surface area (Å²) in [5.74, 6) is 0.128. The van der Waals surface area contributed by atoms with E-state index >= 15 is 0 Å². The minimum atomic E-state index is 0.128. The van der Waals surface area contributed by atoms with E-state index in [0.717, 1.165) is 43.1 Å². The van der Waals surface area contributed by atoms with Crippen molar-refractivity contribution in [3.05, 3.63) is 35.8 Å². The molecule has 3 rings (SSSR count). The number of β-amino-alcohol motifs (C(OH)–C–C–N with tert-alkyl or cyclic N) is 1. The molecule has 2 aromatic rings. The van der Waals surface area contributed by atoms with Gasteiger partial charge < -0.3 is 14.4 Å². The minimum absolute atomic E-state index is 0.128. The lowest BCUT2D eigenvalue weighted by Gasteiger charge is -2.34. The Hall–Kier alpha value is -1.92. The van der Waals surface area contributed by atoms with Crippen molar-refractivity contribution < 1.29 is 9.90 Å². The van der Waals surface area contributed by atoms with Gasteiger partial charge in [-0.1, -0.05) is 0 Å². The van der Waals surface area contributed by atoms with Crippen LogP contribution in [-0.4, -0.2) is 69.5 Å². The molecule has 0 bridgehead atoms. The summed E-state index contributed by atoms with van der Waals surface area (Å²) in [6, 6.07) is 4.04. The molecule has 0 atom stereocenters. The largest absolute Gasteiger partial charge is 0.395 e. The molecule has 6 nitrogen and oxygen atoms in total. The van der Waals surface area contributed by atoms with E-state index in [1.54, 1.807) is 0 Å². The number of imidazole rings is 1. The maximum absolute atomic E-state index is 12.4. The maximum atomic E-state index is 12.4. The third-order valence-corrected chi connectivity index (χ3v) is 4.14. The van der Waals surface area contributed by atoms with Gasteiger partial charge in [-0.2, -0.15) is 0 Å². The number of hydrogen-bond donors (Lipinski definition) is 1. The Bertz CT molecular complexity index is 659. The zero-order valence-electron chi connectivity index (χ0n) is 12.9. The zero-order chi connectivity index (χ0) is 15.5. The monoisotopic (exact) mass is 302 g/mol. The Morgan fingerprint density at radius 2 is 2.09 bits per heavy atom. The Morgan fingerprint density at radius 1 is 1.32 bits per heavy atom. The number of nitrogens with zero attached hydrogens (tertiary/aromatic N) is 4. The number of pyridine rings is 1. The Labute approximate surface area is 130 Å². The highest BCUT2D eigenvalue weighted by Gasteiger charge is 2.21. The normalized spacial score (nSPS) is 16.4. The molecular formula is C16H22N4O2. The molecule has 1 fully saturated rings. The van der Waals surface area contributed by atoms with Gasteiger partial charge in [0.15, 0.2) is 0 Å². The molecule has 1 aliphatic heterocycles. The lowest BCUT2D eigenvalue weighted by molar-refractivity contribution is -0.132. The second-order valence-corrected chi connectivity index (χ2v) is 5.82. The highest BCUT2D eigenvalue weighted by molar-refractivity contribution is 5.78. The standard InChI is InChI=1S/C16H22N4O2/c1-13-2-3-20-12-14(17-15(20)10-13)11-16(22)19-6-4-18(5-7-19)8-9-21/h2-3,10,12,21H,4-9,11H2,1H3. The predicted molar refractivity (Wildman–Crippen MR) is 83.7 cm³/mol. The van der Waals surface area contributed by atoms with Gasteiger partial charge in [0.05, 0.1) is 18.7 Å². The number of hydrogen-bond acceptors (Lipinski definition) is 4. The molecule has 0 radical (unpaired) electrons. The molecule has 2 aromatic heterocycles. The number of amides is 1. The fourth-order valence-corrected chi connectivity index (χ4v) is 2.85. The van der Waals surface area contributed by atoms with Crippen molar-refractivity contribution in [2.45, 2.75) is 13.3 Å². The predicted octanol–water partition coefficient (Wildman–Crippen LogP) is 0.322. The number of aryl methyl sites for hydroxylation is 1. The molecule has 0 aliphatic carbocycles. The van der Waals surface area contributed by atoms with E-state index in [9.17, 15) is 4.79 Å². The third-order valence-electron chi connectivity index (χ3n) is 4.14. The summed E-state index contributed by atoms with van der Waals surface area (Å²) >= 11 is 0. The second kappa shape index (κ2) is 6.46. The van der Waals surface area contributed by atoms with E-state index in [4.69, 9.17) is 5.11 Å². The molecule has 22 heavy (non-hydrogen) atoms. The molecule has 1 saturated heterocycles. The van der Waals surface area contributed by atoms with E-state index in [1.807, 2.05) is 40.8 Å². The summed E-state index contributed by atoms with van der Waals surface area (Å²) in [6.45, 7) is 6.01. The van der Waals surface area contributed by atoms with Gasteiger partial charge >= 0.3 is 0 Å². The van der Waals surface area contributed by atoms with Crippen molar-refractivity contribution >= 4 is 11.6 Å². The topological polar surface area (TPSA) is 61.1 Å². The first-order chi connectivity index (χ1) is 10.7. The summed E-state index contributed by atoms with van der Waals surface area (Å²) in [6.07, 6.45) is 4.24. The zero-order valence-corrected chi connectivity index (χ0v) is 12.9. The summed E-state index contributed by atoms with van der Waals surface area (Å²) in [7, 11) is 0. The van der Waals surface area contributed by atoms with Crippen LogP contribution in [-0.2, 0) is 11.2 Å². The van der Waals surface area contributed by atoms with E-state index in [1.165, 1.54) is 0 Å². The Balaban J connectivity index is 1.61. The molecule has 3 heterocycles. The molecule has 0 saturated carbocycles. The summed E-state index contributed by atoms with van der Waals surface area (Å²) in [4.78, 5) is 21.0. The molecule has 0 unspecified atom stereocenters. The number of fused-ring (bicyclic) bond motifs is 1. The summed E-state index contributed by atoms with van der Waals surface area (Å²) in [5.41, 5.74) is 2.86. The summed E-state index contributed by atoms with van der Waals surface area (Å²) in [5, 5.41) is 8.94. The number of piperazine rings is 1. The van der Waals surface area contributed by atoms with Crippen molar-refractivity contribution in [3.63, 3.8) is 0 Å². The van der Waals surface area contributed by atoms with Crippen molar-refractivity contribution in [2.24, 2.45) is 0 Å². The van der Waals surface area contributed by atoms with Gasteiger partial charge in [-0.15, -0.1) is 0 Å². The van der Waals surface area contributed by atoms with Crippen molar-refractivity contribution in [2.75, 3.05) is 39.3 Å². The third kappa shape index (κ3) is 3.28. The quantitative estimate of drug-likeness (QED) is 0.884. The molecular weight excluding hydrogens is 280 g/mol. The first-order valence-corrected chi connectivity index (χ1v) is 7.71. The van der Waals surface area contributed by atoms with E-state index < -0.39 is 0 Å². The molecule has 1 amide bonds. The molecule has 118 valence electrons. The summed E-state index contributed by atoms with van der Waals surface area (Å²) < 4.78 is 1.95. The number of aliphatic hydroxyl groups is 1. The van der Waals surface area contributed by atoms with Crippen LogP contribution >= 0.6 is 0 Å². The SMILES string of the molecule is Cc1ccn2cc(CC(=O)N3CCN(CCO)CC3)nc2c1. The van der Waals surface area contributed by atoms with E-state index in [0.29, 0.717) is 13.0 Å². The Morgan fingerprint density at radius 3 is 2.82 bits per heavy atom. The van der Waals surface area contributed by atoms with Gasteiger partial charge in [-0.05, 0) is 24.6 Å². The number of aromatic nitrogens is 2. The average molecular weight is 302 g/mol. The van der Waals surface area contributed by atoms with Crippen molar-refractivity contribution in [3.8, 4) is 0 Å². The van der Waals surface area contributed by atoms with E-state index in [-0.39, 0.29) is 12.5 Å². The number of rotatable bonds is 4. The maximum Gasteiger partial charge on any atom is 0.228 e. The highest BCUT2D eigenvalue weighted by atomic mass is 16.3. The van der Waals surface area contributed by atoms with Crippen LogP contribution in [0.4, 0.5) is 0 Å². The van der Waals surface area contributed by atoms with Crippen LogP contribution in [0.3, 0.4) is 0 Å². The molecule has 6 heteroatoms. The van der Waals surface area contributed by atoms with Crippen LogP contribution < -0.4 is 0 Å². The van der Waals surface area contributed by atoms with Crippen LogP contribution in [0.25, 0.3) is 5.65 Å². The van der Waals surface area contributed by atoms with Gasteiger partial charge in [0, 0.05) is 45.1 Å². The molecule has 1 N–H and O–H groups in total. The van der Waals surface area contributed by atoms with Crippen LogP contribution in [0.15, 0.2) is 24.5 Å². The molecule has 0 aromatic carbocycles. The van der Waals surface area contributed by atoms with E-state index in [2.05, 4.69) is 9.88 Å². The van der Waals surface area contributed by atoms with Crippen LogP contribution in [0.1, 0.15) is 11.3 Å². The highest BCUT2D eigenvalue weighted by Crippen LogP contribution is 2.10. The van der Waals surface area contributed by atoms with Gasteiger partial charge in [0.1, 0.15) is 5.65 Å². The Kier molecular flexibility index (Phi) is 4.40. The van der Waals surface area contributed by atoms with Crippen LogP contribution in [0.5, 0.6) is 0 Å². The lowest BCUT2D eigenvalue weighted by atomic mass is 10.2. The van der Waals surface area contributed by atoms with Crippen molar-refractivity contribution in [1.82, 2.24) is 19.2 Å². The fourth-order valence-electron chi connectivity index (χ4n) is 2.85. The van der Waals surface area contributed by atoms with Gasteiger partial charge in [-0.3, -0.25) is 9.69 Å². The van der Waals surface area contributed by atoms with Gasteiger partial charge in [-0.25, -0.2) is 4.98 Å². The smallest absolute Gasteiger partial charge is 0.228 e. The first kappa shape index (κ1) is 15.0. The van der Waals surface area contributed by atoms with Gasteiger partial charge in [0.25, 0.3) is 0 Å². The van der Waals surface area contributed by atoms with Crippen LogP contribution in [0.2, 0.25) is 0 Å². The van der Waals surface area contributed by atoms with Crippen LogP contribution in [0, 0.1) is 6.92 Å². The van der Waals surface area contributed by atoms with Crippen molar-refractivity contribution in [1.29, 1.82) is 0 Å². The first-order valence-electron chi connectivity index (χ1n) is 7.71. The number of carbonyl (C=O) groups is 1. The van der Waals surface area contributed by atoms with Gasteiger partial charge in [0.2, 0.25) is 5.91 Å². The fraction of sp³-hybridized carbons (Fsp3) is 0.500. The lowest BCUT2D eigenvalue weighted by Crippen LogP contribution is -2.49. The number of carbonyl (C=O) groups excluding carboxylic acids is 1. The second-order valence-electron chi connectivity index (χ2n) is 5.82. The number of aliphatic hydroxyl groups excluding tert-OH is 1.